The summed E-state index contributed by atoms with van der Waals surface area (Å²) in [6.45, 7) is 13.9. The molecule has 0 saturated carbocycles. The molecular formula is C28H43NO10. The third kappa shape index (κ3) is 11.5. The van der Waals surface area contributed by atoms with Crippen LogP contribution in [-0.4, -0.2) is 52.2 Å². The van der Waals surface area contributed by atoms with Crippen LogP contribution in [0.3, 0.4) is 0 Å². The molecule has 1 aromatic carbocycles. The summed E-state index contributed by atoms with van der Waals surface area (Å²) in [6, 6.07) is 4.17. The van der Waals surface area contributed by atoms with Gasteiger partial charge in [-0.1, -0.05) is 26.8 Å². The highest BCUT2D eigenvalue weighted by Crippen LogP contribution is 2.32. The second-order valence-corrected chi connectivity index (χ2v) is 10.8. The van der Waals surface area contributed by atoms with E-state index in [0.717, 1.165) is 0 Å². The lowest BCUT2D eigenvalue weighted by molar-refractivity contribution is -0.153. The van der Waals surface area contributed by atoms with Crippen molar-refractivity contribution in [2.24, 2.45) is 5.73 Å². The summed E-state index contributed by atoms with van der Waals surface area (Å²) in [5, 5.41) is 9.90. The fourth-order valence-electron chi connectivity index (χ4n) is 3.28. The van der Waals surface area contributed by atoms with E-state index >= 15 is 0 Å². The Morgan fingerprint density at radius 3 is 1.87 bits per heavy atom. The summed E-state index contributed by atoms with van der Waals surface area (Å²) in [5.74, 6) is -2.08. The van der Waals surface area contributed by atoms with Crippen LogP contribution in [0.4, 0.5) is 9.59 Å². The van der Waals surface area contributed by atoms with Crippen LogP contribution in [0.1, 0.15) is 93.1 Å². The van der Waals surface area contributed by atoms with Crippen LogP contribution in [-0.2, 0) is 30.2 Å². The summed E-state index contributed by atoms with van der Waals surface area (Å²) >= 11 is 0. The second kappa shape index (κ2) is 14.2. The number of ether oxygens (including phenoxy) is 5. The molecule has 3 N–H and O–H groups in total. The Bertz CT molecular complexity index is 1020. The van der Waals surface area contributed by atoms with Gasteiger partial charge in [0.25, 0.3) is 0 Å². The topological polar surface area (TPSA) is 161 Å². The standard InChI is InChI=1S/C28H43NO10/c1-9-12-22(30)35-18(4)16-28(29,23(31)32)17-19-13-14-20(36-24(33)38-26(5,6)10-2)21(15-19)37-25(34)39-27(7,8)11-3/h13-15,18H,9-12,16-17,29H2,1-8H3,(H,31,32)/t18-,28?/m0/s1. The van der Waals surface area contributed by atoms with Crippen LogP contribution in [0, 0.1) is 0 Å². The first-order valence-corrected chi connectivity index (χ1v) is 13.1. The molecule has 39 heavy (non-hydrogen) atoms. The molecule has 0 saturated heterocycles. The van der Waals surface area contributed by atoms with Gasteiger partial charge < -0.3 is 34.5 Å². The minimum atomic E-state index is -1.82. The molecule has 2 atom stereocenters. The fraction of sp³-hybridized carbons (Fsp3) is 0.643. The lowest BCUT2D eigenvalue weighted by Gasteiger charge is -2.28. The van der Waals surface area contributed by atoms with Crippen LogP contribution in [0.5, 0.6) is 11.5 Å². The molecule has 0 aromatic heterocycles. The molecule has 0 aliphatic heterocycles. The number of nitrogens with two attached hydrogens (primary N) is 1. The maximum Gasteiger partial charge on any atom is 0.514 e. The quantitative estimate of drug-likeness (QED) is 0.169. The summed E-state index contributed by atoms with van der Waals surface area (Å²) in [4.78, 5) is 48.9. The maximum atomic E-state index is 12.5. The number of carbonyl (C=O) groups is 4. The number of rotatable bonds is 14. The number of carboxylic acids is 1. The Labute approximate surface area is 230 Å². The highest BCUT2D eigenvalue weighted by Gasteiger charge is 2.37. The van der Waals surface area contributed by atoms with E-state index in [1.165, 1.54) is 18.2 Å². The molecule has 0 aliphatic rings. The third-order valence-corrected chi connectivity index (χ3v) is 6.20. The molecule has 220 valence electrons. The van der Waals surface area contributed by atoms with Crippen LogP contribution >= 0.6 is 0 Å². The smallest absolute Gasteiger partial charge is 0.480 e. The van der Waals surface area contributed by atoms with Crippen molar-refractivity contribution >= 4 is 24.2 Å². The van der Waals surface area contributed by atoms with Crippen LogP contribution in [0.25, 0.3) is 0 Å². The first-order chi connectivity index (χ1) is 18.0. The average molecular weight is 554 g/mol. The van der Waals surface area contributed by atoms with Crippen molar-refractivity contribution in [3.05, 3.63) is 23.8 Å². The zero-order valence-electron chi connectivity index (χ0n) is 24.3. The summed E-state index contributed by atoms with van der Waals surface area (Å²) in [5.41, 5.74) is 3.18. The van der Waals surface area contributed by atoms with Crippen molar-refractivity contribution in [3.63, 3.8) is 0 Å². The second-order valence-electron chi connectivity index (χ2n) is 10.8. The van der Waals surface area contributed by atoms with Gasteiger partial charge in [-0.2, -0.15) is 0 Å². The van der Waals surface area contributed by atoms with E-state index in [-0.39, 0.29) is 30.8 Å². The largest absolute Gasteiger partial charge is 0.514 e. The number of hydrogen-bond acceptors (Lipinski definition) is 10. The number of aliphatic carboxylic acids is 1. The molecule has 0 radical (unpaired) electrons. The Kier molecular flexibility index (Phi) is 12.2. The molecular weight excluding hydrogens is 510 g/mol. The Morgan fingerprint density at radius 2 is 1.41 bits per heavy atom. The van der Waals surface area contributed by atoms with Crippen molar-refractivity contribution < 1.29 is 48.0 Å². The van der Waals surface area contributed by atoms with E-state index < -0.39 is 47.1 Å². The molecule has 0 amide bonds. The fourth-order valence-corrected chi connectivity index (χ4v) is 3.28. The Hall–Kier alpha value is -3.34. The van der Waals surface area contributed by atoms with Crippen LogP contribution in [0.15, 0.2) is 18.2 Å². The van der Waals surface area contributed by atoms with Gasteiger partial charge in [-0.3, -0.25) is 9.59 Å². The first kappa shape index (κ1) is 33.7. The van der Waals surface area contributed by atoms with Crippen molar-refractivity contribution in [2.45, 2.75) is 117 Å². The van der Waals surface area contributed by atoms with Gasteiger partial charge in [0.2, 0.25) is 0 Å². The monoisotopic (exact) mass is 553 g/mol. The molecule has 0 fully saturated rings. The zero-order valence-corrected chi connectivity index (χ0v) is 24.3. The predicted molar refractivity (Wildman–Crippen MR) is 143 cm³/mol. The van der Waals surface area contributed by atoms with E-state index in [9.17, 15) is 24.3 Å². The van der Waals surface area contributed by atoms with Gasteiger partial charge in [-0.25, -0.2) is 9.59 Å². The number of hydrogen-bond donors (Lipinski definition) is 2. The number of carbonyl (C=O) groups excluding carboxylic acids is 3. The SMILES string of the molecule is CCCC(=O)O[C@@H](C)CC(N)(Cc1ccc(OC(=O)OC(C)(C)CC)c(OC(=O)OC(C)(C)CC)c1)C(=O)O. The van der Waals surface area contributed by atoms with E-state index in [0.29, 0.717) is 24.8 Å². The molecule has 0 aliphatic carbocycles. The van der Waals surface area contributed by atoms with E-state index in [1.54, 1.807) is 34.6 Å². The van der Waals surface area contributed by atoms with Crippen molar-refractivity contribution in [1.29, 1.82) is 0 Å². The molecule has 0 bridgehead atoms. The van der Waals surface area contributed by atoms with E-state index in [1.807, 2.05) is 20.8 Å². The molecule has 1 aromatic rings. The minimum absolute atomic E-state index is 0.137. The maximum absolute atomic E-state index is 12.5. The number of esters is 1. The molecule has 1 rings (SSSR count). The molecule has 11 heteroatoms. The summed E-state index contributed by atoms with van der Waals surface area (Å²) in [7, 11) is 0. The van der Waals surface area contributed by atoms with Gasteiger partial charge in [0.1, 0.15) is 22.8 Å². The number of benzene rings is 1. The molecule has 0 spiro atoms. The van der Waals surface area contributed by atoms with Crippen LogP contribution < -0.4 is 15.2 Å². The lowest BCUT2D eigenvalue weighted by atomic mass is 9.86. The van der Waals surface area contributed by atoms with Gasteiger partial charge >= 0.3 is 24.2 Å². The van der Waals surface area contributed by atoms with Gasteiger partial charge in [-0.05, 0) is 71.6 Å². The molecule has 11 nitrogen and oxygen atoms in total. The Balaban J connectivity index is 3.28. The first-order valence-electron chi connectivity index (χ1n) is 13.1. The van der Waals surface area contributed by atoms with Crippen LogP contribution in [0.2, 0.25) is 0 Å². The Morgan fingerprint density at radius 1 is 0.897 bits per heavy atom. The average Bonchev–Trinajstić information content (AvgIpc) is 2.79. The predicted octanol–water partition coefficient (Wildman–Crippen LogP) is 5.54. The van der Waals surface area contributed by atoms with Gasteiger partial charge in [0.15, 0.2) is 11.5 Å². The van der Waals surface area contributed by atoms with E-state index in [4.69, 9.17) is 29.4 Å². The summed E-state index contributed by atoms with van der Waals surface area (Å²) < 4.78 is 26.6. The lowest BCUT2D eigenvalue weighted by Crippen LogP contribution is -2.52. The highest BCUT2D eigenvalue weighted by molar-refractivity contribution is 5.79. The normalized spacial score (nSPS) is 14.0. The number of carboxylic acid groups (broad SMARTS) is 1. The van der Waals surface area contributed by atoms with E-state index in [2.05, 4.69) is 0 Å². The molecule has 1 unspecified atom stereocenters. The van der Waals surface area contributed by atoms with Gasteiger partial charge in [0, 0.05) is 19.3 Å². The van der Waals surface area contributed by atoms with Crippen molar-refractivity contribution in [2.75, 3.05) is 0 Å². The minimum Gasteiger partial charge on any atom is -0.480 e. The van der Waals surface area contributed by atoms with Crippen molar-refractivity contribution in [1.82, 2.24) is 0 Å². The van der Waals surface area contributed by atoms with Gasteiger partial charge in [-0.15, -0.1) is 0 Å². The van der Waals surface area contributed by atoms with Gasteiger partial charge in [0.05, 0.1) is 0 Å². The molecule has 0 heterocycles. The third-order valence-electron chi connectivity index (χ3n) is 6.20. The zero-order chi connectivity index (χ0) is 30.0. The highest BCUT2D eigenvalue weighted by atomic mass is 16.8. The summed E-state index contributed by atoms with van der Waals surface area (Å²) in [6.07, 6.45) is -1.34. The van der Waals surface area contributed by atoms with Crippen molar-refractivity contribution in [3.8, 4) is 11.5 Å².